The molecule has 1 aliphatic heterocycles. The Bertz CT molecular complexity index is 1040. The van der Waals surface area contributed by atoms with Gasteiger partial charge in [-0.3, -0.25) is 14.6 Å². The monoisotopic (exact) mass is 393 g/mol. The second-order valence-electron chi connectivity index (χ2n) is 7.19. The third kappa shape index (κ3) is 4.12. The predicted molar refractivity (Wildman–Crippen MR) is 106 cm³/mol. The standard InChI is InChI=1S/C21H23N5O3/c1-14-3-2-4-20-24-17(12-26(14)20)21(28)25-9-10-29-18(13-25)16-7-5-15(11-23-16)6-8-19(22)27/h2-5,7,11-12,18H,6,8-10,13H2,1H3,(H2,22,27). The van der Waals surface area contributed by atoms with E-state index < -0.39 is 0 Å². The highest BCUT2D eigenvalue weighted by Gasteiger charge is 2.28. The Morgan fingerprint density at radius 2 is 2.14 bits per heavy atom. The van der Waals surface area contributed by atoms with Crippen LogP contribution in [0.1, 0.15) is 40.0 Å². The van der Waals surface area contributed by atoms with Gasteiger partial charge in [-0.1, -0.05) is 12.1 Å². The first kappa shape index (κ1) is 19.1. The molecule has 1 atom stereocenters. The van der Waals surface area contributed by atoms with Crippen LogP contribution in [0.15, 0.2) is 42.7 Å². The maximum Gasteiger partial charge on any atom is 0.274 e. The lowest BCUT2D eigenvalue weighted by molar-refractivity contribution is -0.117. The van der Waals surface area contributed by atoms with Crippen molar-refractivity contribution < 1.29 is 14.3 Å². The quantitative estimate of drug-likeness (QED) is 0.710. The van der Waals surface area contributed by atoms with Crippen molar-refractivity contribution in [2.75, 3.05) is 19.7 Å². The molecular weight excluding hydrogens is 370 g/mol. The summed E-state index contributed by atoms with van der Waals surface area (Å²) in [6.45, 7) is 3.35. The number of hydrogen-bond acceptors (Lipinski definition) is 5. The van der Waals surface area contributed by atoms with E-state index in [1.165, 1.54) is 0 Å². The zero-order chi connectivity index (χ0) is 20.4. The maximum absolute atomic E-state index is 13.0. The van der Waals surface area contributed by atoms with Crippen LogP contribution in [0.25, 0.3) is 5.65 Å². The fourth-order valence-corrected chi connectivity index (χ4v) is 3.47. The van der Waals surface area contributed by atoms with Crippen LogP contribution in [-0.4, -0.2) is 50.8 Å². The molecule has 0 spiro atoms. The van der Waals surface area contributed by atoms with Gasteiger partial charge in [0.25, 0.3) is 5.91 Å². The van der Waals surface area contributed by atoms with Crippen LogP contribution in [0, 0.1) is 6.92 Å². The lowest BCUT2D eigenvalue weighted by Crippen LogP contribution is -2.42. The SMILES string of the molecule is Cc1cccc2nc(C(=O)N3CCOC(c4ccc(CCC(N)=O)cn4)C3)cn12. The topological polar surface area (TPSA) is 103 Å². The minimum Gasteiger partial charge on any atom is -0.370 e. The zero-order valence-corrected chi connectivity index (χ0v) is 16.2. The van der Waals surface area contributed by atoms with E-state index in [0.29, 0.717) is 38.2 Å². The van der Waals surface area contributed by atoms with E-state index in [2.05, 4.69) is 9.97 Å². The largest absolute Gasteiger partial charge is 0.370 e. The normalized spacial score (nSPS) is 16.9. The molecule has 2 N–H and O–H groups in total. The minimum absolute atomic E-state index is 0.112. The molecule has 1 unspecified atom stereocenters. The zero-order valence-electron chi connectivity index (χ0n) is 16.2. The number of amides is 2. The molecule has 0 saturated carbocycles. The van der Waals surface area contributed by atoms with Gasteiger partial charge in [0.2, 0.25) is 5.91 Å². The molecule has 4 heterocycles. The van der Waals surface area contributed by atoms with Crippen LogP contribution in [0.4, 0.5) is 0 Å². The van der Waals surface area contributed by atoms with E-state index >= 15 is 0 Å². The number of nitrogens with two attached hydrogens (primary N) is 1. The first-order chi connectivity index (χ1) is 14.0. The van der Waals surface area contributed by atoms with Gasteiger partial charge in [0.1, 0.15) is 17.4 Å². The van der Waals surface area contributed by atoms with Crippen molar-refractivity contribution >= 4 is 17.5 Å². The summed E-state index contributed by atoms with van der Waals surface area (Å²) in [5.41, 5.74) is 9.09. The molecule has 150 valence electrons. The molecule has 3 aromatic rings. The van der Waals surface area contributed by atoms with Gasteiger partial charge in [-0.25, -0.2) is 4.98 Å². The summed E-state index contributed by atoms with van der Waals surface area (Å²) in [5, 5.41) is 0. The van der Waals surface area contributed by atoms with Gasteiger partial charge in [0.15, 0.2) is 0 Å². The summed E-state index contributed by atoms with van der Waals surface area (Å²) in [4.78, 5) is 34.6. The Morgan fingerprint density at radius 3 is 2.86 bits per heavy atom. The van der Waals surface area contributed by atoms with Crippen LogP contribution in [0.3, 0.4) is 0 Å². The second kappa shape index (κ2) is 8.00. The molecule has 8 heteroatoms. The number of rotatable bonds is 5. The third-order valence-corrected chi connectivity index (χ3v) is 5.11. The van der Waals surface area contributed by atoms with Crippen LogP contribution < -0.4 is 5.73 Å². The fourth-order valence-electron chi connectivity index (χ4n) is 3.47. The van der Waals surface area contributed by atoms with Gasteiger partial charge in [0.05, 0.1) is 18.8 Å². The van der Waals surface area contributed by atoms with Gasteiger partial charge in [0, 0.05) is 31.1 Å². The minimum atomic E-state index is -0.332. The van der Waals surface area contributed by atoms with Crippen LogP contribution in [-0.2, 0) is 16.0 Å². The number of carbonyl (C=O) groups is 2. The van der Waals surface area contributed by atoms with Crippen molar-refractivity contribution in [3.05, 3.63) is 65.4 Å². The molecule has 0 radical (unpaired) electrons. The van der Waals surface area contributed by atoms with Gasteiger partial charge in [-0.05, 0) is 37.1 Å². The van der Waals surface area contributed by atoms with Crippen molar-refractivity contribution in [1.29, 1.82) is 0 Å². The molecule has 0 bridgehead atoms. The van der Waals surface area contributed by atoms with E-state index in [4.69, 9.17) is 10.5 Å². The molecule has 8 nitrogen and oxygen atoms in total. The highest BCUT2D eigenvalue weighted by Crippen LogP contribution is 2.22. The first-order valence-electron chi connectivity index (χ1n) is 9.60. The number of fused-ring (bicyclic) bond motifs is 1. The number of hydrogen-bond donors (Lipinski definition) is 1. The molecule has 2 amide bonds. The van der Waals surface area contributed by atoms with Gasteiger partial charge in [-0.15, -0.1) is 0 Å². The number of carbonyl (C=O) groups excluding carboxylic acids is 2. The first-order valence-corrected chi connectivity index (χ1v) is 9.60. The molecule has 1 fully saturated rings. The van der Waals surface area contributed by atoms with E-state index in [1.807, 2.05) is 41.7 Å². The molecule has 3 aromatic heterocycles. The van der Waals surface area contributed by atoms with E-state index in [-0.39, 0.29) is 17.9 Å². The number of nitrogens with zero attached hydrogens (tertiary/aromatic N) is 4. The number of primary amides is 1. The van der Waals surface area contributed by atoms with Crippen molar-refractivity contribution in [1.82, 2.24) is 19.3 Å². The van der Waals surface area contributed by atoms with Crippen molar-refractivity contribution in [2.24, 2.45) is 5.73 Å². The number of pyridine rings is 2. The molecule has 1 aliphatic rings. The molecule has 29 heavy (non-hydrogen) atoms. The van der Waals surface area contributed by atoms with Crippen LogP contribution in [0.5, 0.6) is 0 Å². The molecule has 4 rings (SSSR count). The van der Waals surface area contributed by atoms with Crippen molar-refractivity contribution in [3.8, 4) is 0 Å². The maximum atomic E-state index is 13.0. The third-order valence-electron chi connectivity index (χ3n) is 5.11. The van der Waals surface area contributed by atoms with E-state index in [1.54, 1.807) is 17.3 Å². The molecular formula is C21H23N5O3. The summed E-state index contributed by atoms with van der Waals surface area (Å²) in [6.07, 6.45) is 4.07. The van der Waals surface area contributed by atoms with Gasteiger partial charge < -0.3 is 19.8 Å². The lowest BCUT2D eigenvalue weighted by Gasteiger charge is -2.32. The highest BCUT2D eigenvalue weighted by molar-refractivity contribution is 5.93. The Hall–Kier alpha value is -3.26. The number of imidazole rings is 1. The van der Waals surface area contributed by atoms with Crippen LogP contribution >= 0.6 is 0 Å². The second-order valence-corrected chi connectivity index (χ2v) is 7.19. The Morgan fingerprint density at radius 1 is 1.28 bits per heavy atom. The lowest BCUT2D eigenvalue weighted by atomic mass is 10.1. The number of morpholine rings is 1. The summed E-state index contributed by atoms with van der Waals surface area (Å²) in [6, 6.07) is 9.58. The Kier molecular flexibility index (Phi) is 5.26. The molecule has 1 saturated heterocycles. The predicted octanol–water partition coefficient (Wildman–Crippen LogP) is 1.67. The summed E-state index contributed by atoms with van der Waals surface area (Å²) < 4.78 is 7.75. The average Bonchev–Trinajstić information content (AvgIpc) is 3.18. The van der Waals surface area contributed by atoms with Crippen LogP contribution in [0.2, 0.25) is 0 Å². The number of aromatic nitrogens is 3. The number of ether oxygens (including phenoxy) is 1. The van der Waals surface area contributed by atoms with Gasteiger partial charge in [-0.2, -0.15) is 0 Å². The summed E-state index contributed by atoms with van der Waals surface area (Å²) >= 11 is 0. The van der Waals surface area contributed by atoms with Crippen molar-refractivity contribution in [2.45, 2.75) is 25.9 Å². The molecule has 0 aromatic carbocycles. The molecule has 0 aliphatic carbocycles. The Balaban J connectivity index is 1.46. The number of aryl methyl sites for hydroxylation is 2. The van der Waals surface area contributed by atoms with E-state index in [0.717, 1.165) is 22.6 Å². The van der Waals surface area contributed by atoms with E-state index in [9.17, 15) is 9.59 Å². The fraction of sp³-hybridized carbons (Fsp3) is 0.333. The Labute approximate surface area is 168 Å². The summed E-state index contributed by atoms with van der Waals surface area (Å²) in [7, 11) is 0. The average molecular weight is 393 g/mol. The van der Waals surface area contributed by atoms with Crippen molar-refractivity contribution in [3.63, 3.8) is 0 Å². The summed E-state index contributed by atoms with van der Waals surface area (Å²) in [5.74, 6) is -0.444. The smallest absolute Gasteiger partial charge is 0.274 e. The highest BCUT2D eigenvalue weighted by atomic mass is 16.5. The van der Waals surface area contributed by atoms with Gasteiger partial charge >= 0.3 is 0 Å².